The maximum absolute atomic E-state index is 11.6. The van der Waals surface area contributed by atoms with E-state index in [2.05, 4.69) is 6.92 Å². The molecule has 1 heterocycles. The molecule has 2 heteroatoms. The van der Waals surface area contributed by atoms with Crippen LogP contribution in [0.4, 0.5) is 0 Å². The van der Waals surface area contributed by atoms with Gasteiger partial charge in [0.05, 0.1) is 12.7 Å². The highest BCUT2D eigenvalue weighted by Crippen LogP contribution is 2.37. The van der Waals surface area contributed by atoms with E-state index in [9.17, 15) is 4.79 Å². The Labute approximate surface area is 95.9 Å². The molecule has 1 atom stereocenters. The van der Waals surface area contributed by atoms with Crippen LogP contribution in [0.25, 0.3) is 0 Å². The lowest BCUT2D eigenvalue weighted by Crippen LogP contribution is -2.33. The number of ether oxygens (including phenoxy) is 1. The monoisotopic (exact) mass is 216 g/mol. The molecule has 0 saturated heterocycles. The average Bonchev–Trinajstić information content (AvgIpc) is 2.31. The van der Waals surface area contributed by atoms with Gasteiger partial charge in [0.2, 0.25) is 0 Å². The van der Waals surface area contributed by atoms with Crippen molar-refractivity contribution in [1.82, 2.24) is 0 Å². The molecule has 16 heavy (non-hydrogen) atoms. The highest BCUT2D eigenvalue weighted by atomic mass is 16.5. The molecular formula is C14H16O2. The Morgan fingerprint density at radius 2 is 2.06 bits per heavy atom. The summed E-state index contributed by atoms with van der Waals surface area (Å²) in [5, 5.41) is 0. The number of hydrogen-bond donors (Lipinski definition) is 0. The molecule has 2 rings (SSSR count). The van der Waals surface area contributed by atoms with Crippen molar-refractivity contribution in [2.75, 3.05) is 0 Å². The van der Waals surface area contributed by atoms with E-state index >= 15 is 0 Å². The molecular weight excluding hydrogens is 200 g/mol. The van der Waals surface area contributed by atoms with Gasteiger partial charge < -0.3 is 4.74 Å². The smallest absolute Gasteiger partial charge is 0.163 e. The molecule has 1 aliphatic heterocycles. The molecule has 0 amide bonds. The fourth-order valence-corrected chi connectivity index (χ4v) is 2.23. The van der Waals surface area contributed by atoms with Crippen LogP contribution < -0.4 is 0 Å². The van der Waals surface area contributed by atoms with Gasteiger partial charge in [0.1, 0.15) is 5.60 Å². The highest BCUT2D eigenvalue weighted by molar-refractivity contribution is 5.91. The molecule has 0 radical (unpaired) electrons. The van der Waals surface area contributed by atoms with Gasteiger partial charge in [-0.25, -0.2) is 0 Å². The molecule has 1 aromatic carbocycles. The van der Waals surface area contributed by atoms with Gasteiger partial charge in [0.25, 0.3) is 0 Å². The van der Waals surface area contributed by atoms with Crippen LogP contribution in [0, 0.1) is 0 Å². The van der Waals surface area contributed by atoms with E-state index in [1.54, 1.807) is 0 Å². The van der Waals surface area contributed by atoms with Crippen LogP contribution in [0.1, 0.15) is 31.7 Å². The van der Waals surface area contributed by atoms with Gasteiger partial charge in [-0.2, -0.15) is 0 Å². The zero-order chi connectivity index (χ0) is 11.4. The van der Waals surface area contributed by atoms with E-state index in [0.29, 0.717) is 6.42 Å². The fourth-order valence-electron chi connectivity index (χ4n) is 2.23. The molecule has 2 nitrogen and oxygen atoms in total. The summed E-state index contributed by atoms with van der Waals surface area (Å²) in [6.07, 6.45) is 5.36. The highest BCUT2D eigenvalue weighted by Gasteiger charge is 2.36. The molecule has 0 fully saturated rings. The van der Waals surface area contributed by atoms with Crippen LogP contribution in [0.5, 0.6) is 0 Å². The SMILES string of the molecule is CCCC1(c2ccccc2)CC(=O)C=CO1. The van der Waals surface area contributed by atoms with Crippen LogP contribution in [0.3, 0.4) is 0 Å². The van der Waals surface area contributed by atoms with Gasteiger partial charge in [-0.05, 0) is 12.0 Å². The standard InChI is InChI=1S/C14H16O2/c1-2-9-14(11-13(15)8-10-16-14)12-6-4-3-5-7-12/h3-8,10H,2,9,11H2,1H3. The fraction of sp³-hybridized carbons (Fsp3) is 0.357. The third-order valence-electron chi connectivity index (χ3n) is 2.96. The molecule has 0 aliphatic carbocycles. The zero-order valence-corrected chi connectivity index (χ0v) is 9.48. The first-order valence-corrected chi connectivity index (χ1v) is 5.69. The van der Waals surface area contributed by atoms with Crippen LogP contribution in [-0.4, -0.2) is 5.78 Å². The van der Waals surface area contributed by atoms with E-state index in [4.69, 9.17) is 4.74 Å². The molecule has 0 aromatic heterocycles. The number of hydrogen-bond acceptors (Lipinski definition) is 2. The lowest BCUT2D eigenvalue weighted by molar-refractivity contribution is -0.123. The summed E-state index contributed by atoms with van der Waals surface area (Å²) in [5.74, 6) is 0.142. The van der Waals surface area contributed by atoms with Gasteiger partial charge in [0.15, 0.2) is 5.78 Å². The molecule has 0 spiro atoms. The number of benzene rings is 1. The van der Waals surface area contributed by atoms with Gasteiger partial charge in [-0.3, -0.25) is 4.79 Å². The van der Waals surface area contributed by atoms with E-state index < -0.39 is 5.60 Å². The Kier molecular flexibility index (Phi) is 3.09. The van der Waals surface area contributed by atoms with Gasteiger partial charge in [-0.15, -0.1) is 0 Å². The molecule has 84 valence electrons. The molecule has 1 aliphatic rings. The van der Waals surface area contributed by atoms with E-state index in [0.717, 1.165) is 18.4 Å². The first-order valence-electron chi connectivity index (χ1n) is 5.69. The minimum Gasteiger partial charge on any atom is -0.490 e. The maximum atomic E-state index is 11.6. The quantitative estimate of drug-likeness (QED) is 0.775. The lowest BCUT2D eigenvalue weighted by Gasteiger charge is -2.34. The Morgan fingerprint density at radius 3 is 2.69 bits per heavy atom. The normalized spacial score (nSPS) is 24.2. The third-order valence-corrected chi connectivity index (χ3v) is 2.96. The first kappa shape index (κ1) is 10.9. The van der Waals surface area contributed by atoms with E-state index in [1.165, 1.54) is 12.3 Å². The summed E-state index contributed by atoms with van der Waals surface area (Å²) in [7, 11) is 0. The number of rotatable bonds is 3. The van der Waals surface area contributed by atoms with Crippen LogP contribution in [0.2, 0.25) is 0 Å². The Bertz CT molecular complexity index is 394. The average molecular weight is 216 g/mol. The zero-order valence-electron chi connectivity index (χ0n) is 9.48. The van der Waals surface area contributed by atoms with Crippen molar-refractivity contribution in [3.8, 4) is 0 Å². The predicted octanol–water partition coefficient (Wildman–Crippen LogP) is 3.19. The minimum absolute atomic E-state index is 0.142. The lowest BCUT2D eigenvalue weighted by atomic mass is 9.83. The van der Waals surface area contributed by atoms with Crippen molar-refractivity contribution in [2.24, 2.45) is 0 Å². The number of carbonyl (C=O) groups excluding carboxylic acids is 1. The Morgan fingerprint density at radius 1 is 1.31 bits per heavy atom. The first-order chi connectivity index (χ1) is 7.77. The topological polar surface area (TPSA) is 26.3 Å². The van der Waals surface area contributed by atoms with E-state index in [-0.39, 0.29) is 5.78 Å². The Hall–Kier alpha value is -1.57. The van der Waals surface area contributed by atoms with Crippen LogP contribution in [-0.2, 0) is 15.1 Å². The number of ketones is 1. The van der Waals surface area contributed by atoms with Gasteiger partial charge in [0, 0.05) is 6.08 Å². The maximum Gasteiger partial charge on any atom is 0.163 e. The molecule has 0 N–H and O–H groups in total. The third kappa shape index (κ3) is 2.01. The molecule has 0 bridgehead atoms. The summed E-state index contributed by atoms with van der Waals surface area (Å²) in [6, 6.07) is 10.0. The summed E-state index contributed by atoms with van der Waals surface area (Å²) in [5.41, 5.74) is 0.650. The summed E-state index contributed by atoms with van der Waals surface area (Å²) < 4.78 is 5.76. The second-order valence-corrected chi connectivity index (χ2v) is 4.17. The number of carbonyl (C=O) groups is 1. The Balaban J connectivity index is 2.36. The molecule has 1 aromatic rings. The van der Waals surface area contributed by atoms with Gasteiger partial charge in [-0.1, -0.05) is 43.7 Å². The molecule has 1 unspecified atom stereocenters. The number of allylic oxidation sites excluding steroid dienone is 1. The van der Waals surface area contributed by atoms with E-state index in [1.807, 2.05) is 30.3 Å². The van der Waals surface area contributed by atoms with Gasteiger partial charge >= 0.3 is 0 Å². The van der Waals surface area contributed by atoms with Crippen LogP contribution >= 0.6 is 0 Å². The molecule has 0 saturated carbocycles. The minimum atomic E-state index is -0.443. The second-order valence-electron chi connectivity index (χ2n) is 4.17. The summed E-state index contributed by atoms with van der Waals surface area (Å²) in [4.78, 5) is 11.6. The van der Waals surface area contributed by atoms with Crippen molar-refractivity contribution in [1.29, 1.82) is 0 Å². The summed E-state index contributed by atoms with van der Waals surface area (Å²) >= 11 is 0. The van der Waals surface area contributed by atoms with Crippen LogP contribution in [0.15, 0.2) is 42.7 Å². The second kappa shape index (κ2) is 4.52. The predicted molar refractivity (Wildman–Crippen MR) is 62.9 cm³/mol. The summed E-state index contributed by atoms with van der Waals surface area (Å²) in [6.45, 7) is 2.11. The van der Waals surface area contributed by atoms with Crippen molar-refractivity contribution in [3.05, 3.63) is 48.2 Å². The van der Waals surface area contributed by atoms with Crippen molar-refractivity contribution >= 4 is 5.78 Å². The van der Waals surface area contributed by atoms with Crippen molar-refractivity contribution < 1.29 is 9.53 Å². The largest absolute Gasteiger partial charge is 0.490 e. The van der Waals surface area contributed by atoms with Crippen molar-refractivity contribution in [3.63, 3.8) is 0 Å². The van der Waals surface area contributed by atoms with Crippen molar-refractivity contribution in [2.45, 2.75) is 31.8 Å².